The average Bonchev–Trinajstić information content (AvgIpc) is 3.01. The number of ether oxygens (including phenoxy) is 3. The van der Waals surface area contributed by atoms with Crippen LogP contribution >= 0.6 is 0 Å². The van der Waals surface area contributed by atoms with Crippen molar-refractivity contribution in [3.63, 3.8) is 0 Å². The van der Waals surface area contributed by atoms with Gasteiger partial charge in [-0.25, -0.2) is 4.79 Å². The molecule has 1 spiro atoms. The van der Waals surface area contributed by atoms with Crippen molar-refractivity contribution in [2.45, 2.75) is 5.60 Å². The van der Waals surface area contributed by atoms with E-state index in [2.05, 4.69) is 10.0 Å². The maximum atomic E-state index is 12.7. The van der Waals surface area contributed by atoms with Crippen molar-refractivity contribution >= 4 is 11.7 Å². The van der Waals surface area contributed by atoms with Crippen molar-refractivity contribution in [3.8, 4) is 17.2 Å². The number of nitrogens with zero attached hydrogens (tertiary/aromatic N) is 3. The Kier molecular flexibility index (Phi) is 3.35. The molecule has 0 radical (unpaired) electrons. The lowest BCUT2D eigenvalue weighted by atomic mass is 9.77. The third-order valence-corrected chi connectivity index (χ3v) is 5.06. The van der Waals surface area contributed by atoms with Gasteiger partial charge >= 0.3 is 5.97 Å². The molecule has 0 aliphatic carbocycles. The maximum Gasteiger partial charge on any atom is 0.340 e. The van der Waals surface area contributed by atoms with E-state index >= 15 is 0 Å². The lowest BCUT2D eigenvalue weighted by molar-refractivity contribution is 0.0224. The molecule has 1 atom stereocenters. The van der Waals surface area contributed by atoms with Crippen LogP contribution in [0.25, 0.3) is 10.4 Å². The summed E-state index contributed by atoms with van der Waals surface area (Å²) in [5.74, 6) is 1.18. The first-order valence-electron chi connectivity index (χ1n) is 8.56. The van der Waals surface area contributed by atoms with Gasteiger partial charge in [-0.05, 0) is 29.8 Å². The lowest BCUT2D eigenvalue weighted by Crippen LogP contribution is -2.32. The second-order valence-corrected chi connectivity index (χ2v) is 6.45. The summed E-state index contributed by atoms with van der Waals surface area (Å²) in [5, 5.41) is 3.65. The summed E-state index contributed by atoms with van der Waals surface area (Å²) < 4.78 is 17.4. The molecule has 0 aromatic heterocycles. The zero-order valence-corrected chi connectivity index (χ0v) is 14.7. The van der Waals surface area contributed by atoms with Crippen LogP contribution in [0.3, 0.4) is 0 Å². The molecule has 28 heavy (non-hydrogen) atoms. The fourth-order valence-corrected chi connectivity index (χ4v) is 3.89. The molecule has 136 valence electrons. The molecule has 0 N–H and O–H groups in total. The Morgan fingerprint density at radius 1 is 1.00 bits per heavy atom. The molecule has 3 aromatic rings. The SMILES string of the molecule is COc1ccc2c(c1)Oc1cc(N=[N+]=[N-])ccc1C21OC(=O)c2ccccc21. The molecule has 2 aliphatic heterocycles. The Morgan fingerprint density at radius 2 is 1.75 bits per heavy atom. The number of hydrogen-bond donors (Lipinski definition) is 0. The fraction of sp³-hybridized carbons (Fsp3) is 0.0952. The van der Waals surface area contributed by atoms with Crippen LogP contribution in [-0.4, -0.2) is 13.1 Å². The molecule has 5 rings (SSSR count). The minimum Gasteiger partial charge on any atom is -0.497 e. The van der Waals surface area contributed by atoms with E-state index in [-0.39, 0.29) is 0 Å². The third-order valence-electron chi connectivity index (χ3n) is 5.06. The van der Waals surface area contributed by atoms with Gasteiger partial charge in [0.2, 0.25) is 0 Å². The number of benzene rings is 3. The highest BCUT2D eigenvalue weighted by Gasteiger charge is 2.53. The van der Waals surface area contributed by atoms with Crippen LogP contribution in [0.1, 0.15) is 27.0 Å². The normalized spacial score (nSPS) is 18.2. The number of rotatable bonds is 2. The molecule has 0 saturated carbocycles. The third kappa shape index (κ3) is 2.05. The van der Waals surface area contributed by atoms with E-state index in [1.165, 1.54) is 0 Å². The summed E-state index contributed by atoms with van der Waals surface area (Å²) in [7, 11) is 1.57. The van der Waals surface area contributed by atoms with E-state index in [0.29, 0.717) is 39.6 Å². The molecule has 2 heterocycles. The second-order valence-electron chi connectivity index (χ2n) is 6.45. The molecule has 7 heteroatoms. The fourth-order valence-electron chi connectivity index (χ4n) is 3.89. The highest BCUT2D eigenvalue weighted by Crippen LogP contribution is 2.56. The van der Waals surface area contributed by atoms with Crippen molar-refractivity contribution in [1.29, 1.82) is 0 Å². The number of fused-ring (bicyclic) bond motifs is 6. The van der Waals surface area contributed by atoms with Gasteiger partial charge in [0, 0.05) is 33.4 Å². The molecule has 2 aliphatic rings. The van der Waals surface area contributed by atoms with Crippen LogP contribution in [0.15, 0.2) is 65.8 Å². The van der Waals surface area contributed by atoms with E-state index in [9.17, 15) is 4.79 Å². The lowest BCUT2D eigenvalue weighted by Gasteiger charge is -2.36. The van der Waals surface area contributed by atoms with Crippen LogP contribution in [0.5, 0.6) is 17.2 Å². The number of esters is 1. The Hall–Kier alpha value is -3.96. The molecule has 3 aromatic carbocycles. The summed E-state index contributed by atoms with van der Waals surface area (Å²) in [5.41, 5.74) is 10.6. The number of azide groups is 1. The second kappa shape index (κ2) is 5.77. The first-order valence-corrected chi connectivity index (χ1v) is 8.56. The first-order chi connectivity index (χ1) is 13.7. The average molecular weight is 371 g/mol. The number of hydrogen-bond acceptors (Lipinski definition) is 5. The number of carbonyl (C=O) groups is 1. The minimum atomic E-state index is -1.14. The summed E-state index contributed by atoms with van der Waals surface area (Å²) in [6.45, 7) is 0. The van der Waals surface area contributed by atoms with Gasteiger partial charge in [-0.15, -0.1) is 0 Å². The summed E-state index contributed by atoms with van der Waals surface area (Å²) in [6.07, 6.45) is 0. The Bertz CT molecular complexity index is 1200. The van der Waals surface area contributed by atoms with Gasteiger partial charge in [-0.1, -0.05) is 35.4 Å². The first kappa shape index (κ1) is 16.2. The van der Waals surface area contributed by atoms with Gasteiger partial charge in [-0.2, -0.15) is 0 Å². The number of methoxy groups -OCH3 is 1. The largest absolute Gasteiger partial charge is 0.497 e. The monoisotopic (exact) mass is 371 g/mol. The Labute approximate surface area is 159 Å². The Balaban J connectivity index is 1.85. The standard InChI is InChI=1S/C21H13N3O4/c1-26-13-7-9-17-19(11-13)27-18-10-12(23-24-22)6-8-16(18)21(17)15-5-3-2-4-14(15)20(25)28-21/h2-11H,1H3. The van der Waals surface area contributed by atoms with Crippen molar-refractivity contribution in [2.24, 2.45) is 5.11 Å². The van der Waals surface area contributed by atoms with Gasteiger partial charge in [0.1, 0.15) is 17.2 Å². The van der Waals surface area contributed by atoms with E-state index < -0.39 is 11.6 Å². The maximum absolute atomic E-state index is 12.7. The minimum absolute atomic E-state index is 0.399. The van der Waals surface area contributed by atoms with E-state index in [4.69, 9.17) is 19.7 Å². The molecular formula is C21H13N3O4. The van der Waals surface area contributed by atoms with Crippen molar-refractivity contribution in [1.82, 2.24) is 0 Å². The smallest absolute Gasteiger partial charge is 0.340 e. The summed E-state index contributed by atoms with van der Waals surface area (Å²) in [4.78, 5) is 15.5. The van der Waals surface area contributed by atoms with Crippen LogP contribution in [-0.2, 0) is 10.3 Å². The topological polar surface area (TPSA) is 93.5 Å². The van der Waals surface area contributed by atoms with Crippen molar-refractivity contribution < 1.29 is 19.0 Å². The van der Waals surface area contributed by atoms with E-state index in [1.54, 1.807) is 49.6 Å². The predicted octanol–water partition coefficient (Wildman–Crippen LogP) is 5.21. The molecule has 7 nitrogen and oxygen atoms in total. The Morgan fingerprint density at radius 3 is 2.54 bits per heavy atom. The zero-order valence-electron chi connectivity index (χ0n) is 14.7. The van der Waals surface area contributed by atoms with E-state index in [1.807, 2.05) is 18.2 Å². The van der Waals surface area contributed by atoms with Gasteiger partial charge in [0.05, 0.1) is 12.7 Å². The zero-order chi connectivity index (χ0) is 19.3. The van der Waals surface area contributed by atoms with Gasteiger partial charge in [-0.3, -0.25) is 0 Å². The van der Waals surface area contributed by atoms with Gasteiger partial charge in [0.15, 0.2) is 5.60 Å². The molecule has 0 fully saturated rings. The molecule has 1 unspecified atom stereocenters. The quantitative estimate of drug-likeness (QED) is 0.268. The van der Waals surface area contributed by atoms with Gasteiger partial charge in [0.25, 0.3) is 0 Å². The van der Waals surface area contributed by atoms with E-state index in [0.717, 1.165) is 5.56 Å². The molecule has 0 bridgehead atoms. The molecular weight excluding hydrogens is 358 g/mol. The molecule has 0 saturated heterocycles. The van der Waals surface area contributed by atoms with Crippen LogP contribution < -0.4 is 9.47 Å². The molecule has 0 amide bonds. The highest BCUT2D eigenvalue weighted by atomic mass is 16.6. The summed E-state index contributed by atoms with van der Waals surface area (Å²) in [6, 6.07) is 17.8. The van der Waals surface area contributed by atoms with Gasteiger partial charge < -0.3 is 14.2 Å². The van der Waals surface area contributed by atoms with Crippen molar-refractivity contribution in [3.05, 3.63) is 93.4 Å². The van der Waals surface area contributed by atoms with Crippen LogP contribution in [0, 0.1) is 0 Å². The van der Waals surface area contributed by atoms with Crippen molar-refractivity contribution in [2.75, 3.05) is 7.11 Å². The number of carbonyl (C=O) groups excluding carboxylic acids is 1. The highest BCUT2D eigenvalue weighted by molar-refractivity contribution is 5.97. The van der Waals surface area contributed by atoms with Crippen LogP contribution in [0.4, 0.5) is 5.69 Å². The summed E-state index contributed by atoms with van der Waals surface area (Å²) >= 11 is 0. The predicted molar refractivity (Wildman–Crippen MR) is 100 cm³/mol. The van der Waals surface area contributed by atoms with Crippen LogP contribution in [0.2, 0.25) is 0 Å².